The van der Waals surface area contributed by atoms with Crippen LogP contribution in [0.25, 0.3) is 16.8 Å². The van der Waals surface area contributed by atoms with Gasteiger partial charge in [0, 0.05) is 5.02 Å². The van der Waals surface area contributed by atoms with Crippen molar-refractivity contribution in [3.63, 3.8) is 0 Å². The maximum absolute atomic E-state index is 13.0. The number of amides is 2. The third kappa shape index (κ3) is 5.23. The number of halogens is 1. The number of thioether (sulfide) groups is 1. The number of rotatable bonds is 6. The SMILES string of the molecule is COc1cc(/C=C2\SC(=O)N(Cc3ccc(Cl)cc3)C2=O)ccc1OC(=O)c1cccc2ccccc12. The summed E-state index contributed by atoms with van der Waals surface area (Å²) in [7, 11) is 1.47. The first-order valence-corrected chi connectivity index (χ1v) is 12.5. The van der Waals surface area contributed by atoms with E-state index in [2.05, 4.69) is 0 Å². The number of carbonyl (C=O) groups excluding carboxylic acids is 3. The van der Waals surface area contributed by atoms with Crippen LogP contribution >= 0.6 is 23.4 Å². The minimum atomic E-state index is -0.508. The number of fused-ring (bicyclic) bond motifs is 1. The van der Waals surface area contributed by atoms with Crippen LogP contribution in [0.15, 0.2) is 89.8 Å². The summed E-state index contributed by atoms with van der Waals surface area (Å²) in [5.74, 6) is -0.322. The van der Waals surface area contributed by atoms with Crippen molar-refractivity contribution < 1.29 is 23.9 Å². The van der Waals surface area contributed by atoms with E-state index in [0.717, 1.165) is 28.1 Å². The fraction of sp³-hybridized carbons (Fsp3) is 0.0690. The Morgan fingerprint density at radius 2 is 1.70 bits per heavy atom. The zero-order valence-corrected chi connectivity index (χ0v) is 21.2. The van der Waals surface area contributed by atoms with Gasteiger partial charge in [-0.05, 0) is 70.1 Å². The second kappa shape index (κ2) is 10.5. The summed E-state index contributed by atoms with van der Waals surface area (Å²) in [6.45, 7) is 0.158. The number of methoxy groups -OCH3 is 1. The Morgan fingerprint density at radius 1 is 0.946 bits per heavy atom. The maximum Gasteiger partial charge on any atom is 0.344 e. The Kier molecular flexibility index (Phi) is 6.99. The van der Waals surface area contributed by atoms with Gasteiger partial charge in [-0.1, -0.05) is 66.2 Å². The van der Waals surface area contributed by atoms with Gasteiger partial charge >= 0.3 is 5.97 Å². The number of hydrogen-bond donors (Lipinski definition) is 0. The number of benzene rings is 4. The maximum atomic E-state index is 13.0. The lowest BCUT2D eigenvalue weighted by atomic mass is 10.0. The van der Waals surface area contributed by atoms with E-state index in [1.54, 1.807) is 60.7 Å². The summed E-state index contributed by atoms with van der Waals surface area (Å²) in [5, 5.41) is 1.96. The Balaban J connectivity index is 1.35. The molecule has 1 fully saturated rings. The van der Waals surface area contributed by atoms with Crippen LogP contribution in [0.1, 0.15) is 21.5 Å². The lowest BCUT2D eigenvalue weighted by Gasteiger charge is -2.12. The molecule has 5 rings (SSSR count). The van der Waals surface area contributed by atoms with Crippen molar-refractivity contribution in [2.24, 2.45) is 0 Å². The Labute approximate surface area is 222 Å². The van der Waals surface area contributed by atoms with Crippen molar-refractivity contribution in [3.05, 3.63) is 112 Å². The van der Waals surface area contributed by atoms with Crippen LogP contribution in [0.5, 0.6) is 11.5 Å². The molecule has 4 aromatic carbocycles. The summed E-state index contributed by atoms with van der Waals surface area (Å²) < 4.78 is 11.1. The van der Waals surface area contributed by atoms with E-state index in [-0.39, 0.29) is 23.4 Å². The van der Waals surface area contributed by atoms with E-state index in [1.165, 1.54) is 12.0 Å². The van der Waals surface area contributed by atoms with Gasteiger partial charge in [0.1, 0.15) is 0 Å². The lowest BCUT2D eigenvalue weighted by Crippen LogP contribution is -2.27. The van der Waals surface area contributed by atoms with Crippen molar-refractivity contribution in [1.82, 2.24) is 4.90 Å². The third-order valence-corrected chi connectivity index (χ3v) is 6.98. The van der Waals surface area contributed by atoms with Crippen LogP contribution < -0.4 is 9.47 Å². The van der Waals surface area contributed by atoms with Gasteiger partial charge in [-0.2, -0.15) is 0 Å². The molecule has 1 aliphatic rings. The highest BCUT2D eigenvalue weighted by molar-refractivity contribution is 8.18. The molecular weight excluding hydrogens is 510 g/mol. The molecule has 0 atom stereocenters. The first kappa shape index (κ1) is 24.6. The number of hydrogen-bond acceptors (Lipinski definition) is 6. The van der Waals surface area contributed by atoms with E-state index < -0.39 is 5.97 Å². The number of esters is 1. The molecule has 0 saturated carbocycles. The van der Waals surface area contributed by atoms with Gasteiger partial charge in [0.15, 0.2) is 11.5 Å². The largest absolute Gasteiger partial charge is 0.493 e. The number of ether oxygens (including phenoxy) is 2. The predicted molar refractivity (Wildman–Crippen MR) is 145 cm³/mol. The van der Waals surface area contributed by atoms with Crippen molar-refractivity contribution in [1.29, 1.82) is 0 Å². The Morgan fingerprint density at radius 3 is 2.49 bits per heavy atom. The van der Waals surface area contributed by atoms with Gasteiger partial charge in [0.25, 0.3) is 11.1 Å². The fourth-order valence-corrected chi connectivity index (χ4v) is 4.94. The number of imide groups is 1. The molecule has 184 valence electrons. The highest BCUT2D eigenvalue weighted by atomic mass is 35.5. The summed E-state index contributed by atoms with van der Waals surface area (Å²) >= 11 is 6.79. The van der Waals surface area contributed by atoms with Crippen LogP contribution in [0.4, 0.5) is 4.79 Å². The van der Waals surface area contributed by atoms with Gasteiger partial charge in [-0.25, -0.2) is 4.79 Å². The molecular formula is C29H20ClNO5S. The average molecular weight is 530 g/mol. The standard InChI is InChI=1S/C29H20ClNO5S/c1-35-25-15-19(16-26-27(32)31(29(34)37-26)17-18-9-12-21(30)13-10-18)11-14-24(25)36-28(33)23-8-4-6-20-5-2-3-7-22(20)23/h2-16H,17H2,1H3/b26-16-. The molecule has 0 bridgehead atoms. The van der Waals surface area contributed by atoms with Crippen molar-refractivity contribution in [2.75, 3.05) is 7.11 Å². The molecule has 8 heteroatoms. The quantitative estimate of drug-likeness (QED) is 0.153. The minimum absolute atomic E-state index is 0.158. The molecule has 0 aromatic heterocycles. The van der Waals surface area contributed by atoms with Gasteiger partial charge in [-0.15, -0.1) is 0 Å². The molecule has 1 heterocycles. The van der Waals surface area contributed by atoms with Crippen LogP contribution in [0.2, 0.25) is 5.02 Å². The number of carbonyl (C=O) groups is 3. The van der Waals surface area contributed by atoms with Gasteiger partial charge in [-0.3, -0.25) is 14.5 Å². The highest BCUT2D eigenvalue weighted by Crippen LogP contribution is 2.36. The van der Waals surface area contributed by atoms with Crippen LogP contribution in [-0.2, 0) is 11.3 Å². The van der Waals surface area contributed by atoms with Crippen molar-refractivity contribution in [3.8, 4) is 11.5 Å². The second-order valence-corrected chi connectivity index (χ2v) is 9.65. The third-order valence-electron chi connectivity index (χ3n) is 5.83. The van der Waals surface area contributed by atoms with Gasteiger partial charge < -0.3 is 9.47 Å². The van der Waals surface area contributed by atoms with E-state index in [1.807, 2.05) is 30.3 Å². The summed E-state index contributed by atoms with van der Waals surface area (Å²) in [4.78, 5) is 39.9. The van der Waals surface area contributed by atoms with E-state index >= 15 is 0 Å². The molecule has 0 N–H and O–H groups in total. The first-order valence-electron chi connectivity index (χ1n) is 11.3. The normalized spacial score (nSPS) is 14.4. The van der Waals surface area contributed by atoms with E-state index in [0.29, 0.717) is 26.8 Å². The molecule has 37 heavy (non-hydrogen) atoms. The molecule has 2 amide bonds. The summed E-state index contributed by atoms with van der Waals surface area (Å²) in [6.07, 6.45) is 1.62. The predicted octanol–water partition coefficient (Wildman–Crippen LogP) is 6.96. The van der Waals surface area contributed by atoms with Crippen LogP contribution in [0, 0.1) is 0 Å². The Bertz CT molecular complexity index is 1560. The summed E-state index contributed by atoms with van der Waals surface area (Å²) in [6, 6.07) is 25.0. The van der Waals surface area contributed by atoms with Crippen LogP contribution in [0.3, 0.4) is 0 Å². The monoisotopic (exact) mass is 529 g/mol. The highest BCUT2D eigenvalue weighted by Gasteiger charge is 2.35. The second-order valence-electron chi connectivity index (χ2n) is 8.22. The van der Waals surface area contributed by atoms with Crippen molar-refractivity contribution >= 4 is 57.3 Å². The smallest absolute Gasteiger partial charge is 0.344 e. The van der Waals surface area contributed by atoms with E-state index in [9.17, 15) is 14.4 Å². The topological polar surface area (TPSA) is 72.9 Å². The summed E-state index contributed by atoms with van der Waals surface area (Å²) in [5.41, 5.74) is 1.87. The fourth-order valence-electron chi connectivity index (χ4n) is 3.98. The molecule has 0 radical (unpaired) electrons. The van der Waals surface area contributed by atoms with Crippen LogP contribution in [-0.4, -0.2) is 29.1 Å². The molecule has 0 aliphatic carbocycles. The van der Waals surface area contributed by atoms with Crippen molar-refractivity contribution in [2.45, 2.75) is 6.54 Å². The molecule has 0 spiro atoms. The van der Waals surface area contributed by atoms with E-state index in [4.69, 9.17) is 21.1 Å². The zero-order chi connectivity index (χ0) is 25.9. The average Bonchev–Trinajstić information content (AvgIpc) is 3.17. The molecule has 6 nitrogen and oxygen atoms in total. The molecule has 4 aromatic rings. The zero-order valence-electron chi connectivity index (χ0n) is 19.6. The minimum Gasteiger partial charge on any atom is -0.493 e. The van der Waals surface area contributed by atoms with Gasteiger partial charge in [0.2, 0.25) is 0 Å². The molecule has 0 unspecified atom stereocenters. The van der Waals surface area contributed by atoms with Gasteiger partial charge in [0.05, 0.1) is 24.1 Å². The molecule has 1 saturated heterocycles. The number of nitrogens with zero attached hydrogens (tertiary/aromatic N) is 1. The lowest BCUT2D eigenvalue weighted by molar-refractivity contribution is -0.123. The first-order chi connectivity index (χ1) is 17.9. The Hall–Kier alpha value is -4.07. The molecule has 1 aliphatic heterocycles.